The van der Waals surface area contributed by atoms with Crippen molar-refractivity contribution in [3.8, 4) is 5.75 Å². The van der Waals surface area contributed by atoms with Crippen molar-refractivity contribution >= 4 is 11.8 Å². The molecule has 0 radical (unpaired) electrons. The van der Waals surface area contributed by atoms with E-state index in [0.717, 1.165) is 57.2 Å². The maximum Gasteiger partial charge on any atom is 0.224 e. The van der Waals surface area contributed by atoms with Crippen LogP contribution in [-0.2, 0) is 11.3 Å². The quantitative estimate of drug-likeness (QED) is 0.815. The molecule has 0 saturated carbocycles. The molecule has 8 heteroatoms. The number of rotatable bonds is 6. The molecule has 0 spiro atoms. The lowest BCUT2D eigenvalue weighted by Crippen LogP contribution is -2.37. The van der Waals surface area contributed by atoms with Gasteiger partial charge in [0.15, 0.2) is 11.6 Å². The number of benzene rings is 1. The van der Waals surface area contributed by atoms with E-state index in [2.05, 4.69) is 25.1 Å². The zero-order valence-corrected chi connectivity index (χ0v) is 16.1. The SMILES string of the molecule is COc1ccc(CN2CCC(Nc3nccc(N4CCOCC4)n3)C2)cc1F. The van der Waals surface area contributed by atoms with Gasteiger partial charge in [-0.2, -0.15) is 4.98 Å². The second kappa shape index (κ2) is 8.70. The zero-order valence-electron chi connectivity index (χ0n) is 16.1. The van der Waals surface area contributed by atoms with Crippen molar-refractivity contribution < 1.29 is 13.9 Å². The summed E-state index contributed by atoms with van der Waals surface area (Å²) in [5, 5.41) is 3.45. The number of nitrogens with zero attached hydrogens (tertiary/aromatic N) is 4. The molecule has 2 aliphatic rings. The van der Waals surface area contributed by atoms with E-state index in [1.165, 1.54) is 7.11 Å². The Bertz CT molecular complexity index is 800. The molecule has 1 N–H and O–H groups in total. The summed E-state index contributed by atoms with van der Waals surface area (Å²) in [5.41, 5.74) is 0.949. The maximum atomic E-state index is 13.9. The molecule has 1 unspecified atom stereocenters. The van der Waals surface area contributed by atoms with Crippen molar-refractivity contribution in [3.63, 3.8) is 0 Å². The number of ether oxygens (including phenoxy) is 2. The van der Waals surface area contributed by atoms with E-state index in [1.54, 1.807) is 18.3 Å². The second-order valence-electron chi connectivity index (χ2n) is 7.17. The second-order valence-corrected chi connectivity index (χ2v) is 7.17. The molecule has 0 aliphatic carbocycles. The van der Waals surface area contributed by atoms with Gasteiger partial charge in [0.25, 0.3) is 0 Å². The van der Waals surface area contributed by atoms with Crippen molar-refractivity contribution in [1.82, 2.24) is 14.9 Å². The van der Waals surface area contributed by atoms with Crippen LogP contribution < -0.4 is 15.0 Å². The summed E-state index contributed by atoms with van der Waals surface area (Å²) >= 11 is 0. The maximum absolute atomic E-state index is 13.9. The predicted molar refractivity (Wildman–Crippen MR) is 105 cm³/mol. The lowest BCUT2D eigenvalue weighted by molar-refractivity contribution is 0.122. The molecule has 2 fully saturated rings. The van der Waals surface area contributed by atoms with Crippen molar-refractivity contribution in [1.29, 1.82) is 0 Å². The summed E-state index contributed by atoms with van der Waals surface area (Å²) in [7, 11) is 1.48. The first-order valence-electron chi connectivity index (χ1n) is 9.68. The van der Waals surface area contributed by atoms with Gasteiger partial charge in [0, 0.05) is 45.0 Å². The van der Waals surface area contributed by atoms with Crippen molar-refractivity contribution in [2.75, 3.05) is 56.7 Å². The Labute approximate surface area is 164 Å². The van der Waals surface area contributed by atoms with E-state index in [-0.39, 0.29) is 17.6 Å². The minimum atomic E-state index is -0.317. The van der Waals surface area contributed by atoms with Crippen LogP contribution >= 0.6 is 0 Å². The van der Waals surface area contributed by atoms with Gasteiger partial charge in [-0.3, -0.25) is 4.90 Å². The lowest BCUT2D eigenvalue weighted by atomic mass is 10.2. The molecule has 2 aliphatic heterocycles. The van der Waals surface area contributed by atoms with E-state index in [0.29, 0.717) is 12.5 Å². The molecule has 0 amide bonds. The van der Waals surface area contributed by atoms with E-state index >= 15 is 0 Å². The normalized spacial score (nSPS) is 20.4. The number of methoxy groups -OCH3 is 1. The molecule has 2 saturated heterocycles. The summed E-state index contributed by atoms with van der Waals surface area (Å²) in [6, 6.07) is 7.37. The number of anilines is 2. The average molecular weight is 387 g/mol. The number of nitrogens with one attached hydrogen (secondary N) is 1. The van der Waals surface area contributed by atoms with Gasteiger partial charge in [0.05, 0.1) is 20.3 Å². The Balaban J connectivity index is 1.33. The standard InChI is InChI=1S/C20H26FN5O2/c1-27-18-3-2-15(12-17(18)21)13-25-7-5-16(14-25)23-20-22-6-4-19(24-20)26-8-10-28-11-9-26/h2-4,6,12,16H,5,7-11,13-14H2,1H3,(H,22,23,24). The van der Waals surface area contributed by atoms with Gasteiger partial charge in [-0.15, -0.1) is 0 Å². The first kappa shape index (κ1) is 18.9. The van der Waals surface area contributed by atoms with Crippen LogP contribution in [0.25, 0.3) is 0 Å². The zero-order chi connectivity index (χ0) is 19.3. The molecule has 1 aromatic carbocycles. The summed E-state index contributed by atoms with van der Waals surface area (Å²) in [6.45, 7) is 5.71. The van der Waals surface area contributed by atoms with E-state index < -0.39 is 0 Å². The number of likely N-dealkylation sites (tertiary alicyclic amines) is 1. The third-order valence-electron chi connectivity index (χ3n) is 5.20. The smallest absolute Gasteiger partial charge is 0.224 e. The van der Waals surface area contributed by atoms with Gasteiger partial charge < -0.3 is 19.7 Å². The number of morpholine rings is 1. The highest BCUT2D eigenvalue weighted by Gasteiger charge is 2.23. The number of hydrogen-bond donors (Lipinski definition) is 1. The Morgan fingerprint density at radius 3 is 2.89 bits per heavy atom. The molecule has 28 heavy (non-hydrogen) atoms. The first-order chi connectivity index (χ1) is 13.7. The highest BCUT2D eigenvalue weighted by atomic mass is 19.1. The Hall–Kier alpha value is -2.45. The van der Waals surface area contributed by atoms with Gasteiger partial charge in [0.1, 0.15) is 5.82 Å². The van der Waals surface area contributed by atoms with Gasteiger partial charge >= 0.3 is 0 Å². The number of halogens is 1. The van der Waals surface area contributed by atoms with Gasteiger partial charge in [-0.25, -0.2) is 9.37 Å². The van der Waals surface area contributed by atoms with Crippen LogP contribution in [0.3, 0.4) is 0 Å². The molecular formula is C20H26FN5O2. The summed E-state index contributed by atoms with van der Waals surface area (Å²) in [6.07, 6.45) is 2.80. The Morgan fingerprint density at radius 1 is 1.25 bits per heavy atom. The largest absolute Gasteiger partial charge is 0.494 e. The van der Waals surface area contributed by atoms with Crippen LogP contribution in [0.2, 0.25) is 0 Å². The number of aromatic nitrogens is 2. The molecule has 150 valence electrons. The van der Waals surface area contributed by atoms with Crippen LogP contribution in [0.15, 0.2) is 30.5 Å². The Kier molecular flexibility index (Phi) is 5.87. The van der Waals surface area contributed by atoms with Crippen LogP contribution in [0.5, 0.6) is 5.75 Å². The predicted octanol–water partition coefficient (Wildman–Crippen LogP) is 2.15. The monoisotopic (exact) mass is 387 g/mol. The summed E-state index contributed by atoms with van der Waals surface area (Å²) < 4.78 is 24.3. The molecule has 1 aromatic heterocycles. The minimum Gasteiger partial charge on any atom is -0.494 e. The van der Waals surface area contributed by atoms with Crippen molar-refractivity contribution in [2.24, 2.45) is 0 Å². The van der Waals surface area contributed by atoms with Gasteiger partial charge in [0.2, 0.25) is 5.95 Å². The summed E-state index contributed by atoms with van der Waals surface area (Å²) in [5.74, 6) is 1.56. The third kappa shape index (κ3) is 4.51. The average Bonchev–Trinajstić information content (AvgIpc) is 3.16. The minimum absolute atomic E-state index is 0.280. The molecule has 1 atom stereocenters. The van der Waals surface area contributed by atoms with Crippen LogP contribution in [0, 0.1) is 5.82 Å². The van der Waals surface area contributed by atoms with Crippen molar-refractivity contribution in [3.05, 3.63) is 41.8 Å². The number of hydrogen-bond acceptors (Lipinski definition) is 7. The fraction of sp³-hybridized carbons (Fsp3) is 0.500. The van der Waals surface area contributed by atoms with E-state index in [4.69, 9.17) is 9.47 Å². The van der Waals surface area contributed by atoms with Gasteiger partial charge in [-0.1, -0.05) is 6.07 Å². The molecular weight excluding hydrogens is 361 g/mol. The molecule has 2 aromatic rings. The lowest BCUT2D eigenvalue weighted by Gasteiger charge is -2.28. The molecule has 7 nitrogen and oxygen atoms in total. The van der Waals surface area contributed by atoms with E-state index in [9.17, 15) is 4.39 Å². The fourth-order valence-corrected chi connectivity index (χ4v) is 3.73. The molecule has 0 bridgehead atoms. The highest BCUT2D eigenvalue weighted by molar-refractivity contribution is 5.43. The van der Waals surface area contributed by atoms with Crippen LogP contribution in [0.1, 0.15) is 12.0 Å². The Morgan fingerprint density at radius 2 is 2.11 bits per heavy atom. The summed E-state index contributed by atoms with van der Waals surface area (Å²) in [4.78, 5) is 13.6. The third-order valence-corrected chi connectivity index (χ3v) is 5.20. The topological polar surface area (TPSA) is 62.8 Å². The molecule has 4 rings (SSSR count). The van der Waals surface area contributed by atoms with E-state index in [1.807, 2.05) is 12.1 Å². The molecule has 3 heterocycles. The van der Waals surface area contributed by atoms with Crippen LogP contribution in [-0.4, -0.2) is 67.4 Å². The van der Waals surface area contributed by atoms with Crippen molar-refractivity contribution in [2.45, 2.75) is 19.0 Å². The first-order valence-corrected chi connectivity index (χ1v) is 9.68. The fourth-order valence-electron chi connectivity index (χ4n) is 3.73. The van der Waals surface area contributed by atoms with Gasteiger partial charge in [-0.05, 0) is 30.2 Å². The highest BCUT2D eigenvalue weighted by Crippen LogP contribution is 2.21. The van der Waals surface area contributed by atoms with Crippen LogP contribution in [0.4, 0.5) is 16.2 Å².